The second-order valence-corrected chi connectivity index (χ2v) is 2.37. The van der Waals surface area contributed by atoms with E-state index in [2.05, 4.69) is 0 Å². The molecule has 3 N–H and O–H groups in total. The Kier molecular flexibility index (Phi) is 2.24. The highest BCUT2D eigenvalue weighted by Gasteiger charge is 2.07. The van der Waals surface area contributed by atoms with E-state index in [0.29, 0.717) is 5.56 Å². The fourth-order valence-corrected chi connectivity index (χ4v) is 0.899. The van der Waals surface area contributed by atoms with E-state index in [0.717, 1.165) is 0 Å². The standard InChI is InChI=1S/C9H10O3/c1-2-3-6-4-5-7(10)9(12)8(6)11/h2-5,10-12H,1H3/b3-2+. The molecule has 3 nitrogen and oxygen atoms in total. The summed E-state index contributed by atoms with van der Waals surface area (Å²) in [6.07, 6.45) is 3.36. The topological polar surface area (TPSA) is 60.7 Å². The molecule has 1 aromatic carbocycles. The van der Waals surface area contributed by atoms with Gasteiger partial charge in [-0.25, -0.2) is 0 Å². The molecule has 0 amide bonds. The van der Waals surface area contributed by atoms with Gasteiger partial charge in [0.1, 0.15) is 0 Å². The molecule has 0 spiro atoms. The van der Waals surface area contributed by atoms with Gasteiger partial charge in [0.2, 0.25) is 5.75 Å². The lowest BCUT2D eigenvalue weighted by Gasteiger charge is -2.02. The normalized spacial score (nSPS) is 10.8. The Bertz CT molecular complexity index is 316. The van der Waals surface area contributed by atoms with E-state index in [1.165, 1.54) is 12.1 Å². The third-order valence-corrected chi connectivity index (χ3v) is 1.51. The van der Waals surface area contributed by atoms with Crippen molar-refractivity contribution in [2.45, 2.75) is 6.92 Å². The van der Waals surface area contributed by atoms with Gasteiger partial charge in [-0.1, -0.05) is 12.2 Å². The fraction of sp³-hybridized carbons (Fsp3) is 0.111. The fourth-order valence-electron chi connectivity index (χ4n) is 0.899. The van der Waals surface area contributed by atoms with E-state index in [1.807, 2.05) is 0 Å². The summed E-state index contributed by atoms with van der Waals surface area (Å²) in [5.74, 6) is -1.10. The highest BCUT2D eigenvalue weighted by Crippen LogP contribution is 2.37. The van der Waals surface area contributed by atoms with Gasteiger partial charge in [0.05, 0.1) is 0 Å². The van der Waals surface area contributed by atoms with Gasteiger partial charge in [-0.15, -0.1) is 0 Å². The van der Waals surface area contributed by atoms with Crippen LogP contribution < -0.4 is 0 Å². The molecule has 64 valence electrons. The van der Waals surface area contributed by atoms with Crippen molar-refractivity contribution in [3.05, 3.63) is 23.8 Å². The molecule has 0 saturated carbocycles. The van der Waals surface area contributed by atoms with Crippen LogP contribution >= 0.6 is 0 Å². The molecule has 0 unspecified atom stereocenters. The second kappa shape index (κ2) is 3.17. The van der Waals surface area contributed by atoms with Gasteiger partial charge >= 0.3 is 0 Å². The Morgan fingerprint density at radius 3 is 2.33 bits per heavy atom. The maximum absolute atomic E-state index is 9.25. The average Bonchev–Trinajstić information content (AvgIpc) is 2.07. The predicted octanol–water partition coefficient (Wildman–Crippen LogP) is 1.84. The highest BCUT2D eigenvalue weighted by atomic mass is 16.3. The predicted molar refractivity (Wildman–Crippen MR) is 46.1 cm³/mol. The highest BCUT2D eigenvalue weighted by molar-refractivity contribution is 5.64. The minimum Gasteiger partial charge on any atom is -0.504 e. The van der Waals surface area contributed by atoms with Crippen LogP contribution in [0.1, 0.15) is 12.5 Å². The number of allylic oxidation sites excluding steroid dienone is 1. The van der Waals surface area contributed by atoms with Crippen LogP contribution in [-0.2, 0) is 0 Å². The van der Waals surface area contributed by atoms with E-state index in [1.54, 1.807) is 19.1 Å². The minimum absolute atomic E-state index is 0.298. The molecule has 0 radical (unpaired) electrons. The van der Waals surface area contributed by atoms with Crippen molar-refractivity contribution in [3.63, 3.8) is 0 Å². The maximum atomic E-state index is 9.25. The summed E-state index contributed by atoms with van der Waals surface area (Å²) in [7, 11) is 0. The Balaban J connectivity index is 3.26. The molecule has 0 aliphatic heterocycles. The van der Waals surface area contributed by atoms with Crippen molar-refractivity contribution in [1.29, 1.82) is 0 Å². The van der Waals surface area contributed by atoms with E-state index in [9.17, 15) is 5.11 Å². The van der Waals surface area contributed by atoms with E-state index in [4.69, 9.17) is 10.2 Å². The summed E-state index contributed by atoms with van der Waals surface area (Å²) in [6, 6.07) is 2.84. The maximum Gasteiger partial charge on any atom is 0.200 e. The van der Waals surface area contributed by atoms with Crippen LogP contribution in [0.5, 0.6) is 17.2 Å². The van der Waals surface area contributed by atoms with Crippen LogP contribution in [0.15, 0.2) is 18.2 Å². The van der Waals surface area contributed by atoms with Gasteiger partial charge in [0.25, 0.3) is 0 Å². The number of aromatic hydroxyl groups is 3. The minimum atomic E-state index is -0.481. The molecule has 0 heterocycles. The van der Waals surface area contributed by atoms with E-state index >= 15 is 0 Å². The van der Waals surface area contributed by atoms with Crippen molar-refractivity contribution in [1.82, 2.24) is 0 Å². The SMILES string of the molecule is C/C=C/c1ccc(O)c(O)c1O. The second-order valence-electron chi connectivity index (χ2n) is 2.37. The Labute approximate surface area is 70.2 Å². The first-order valence-electron chi connectivity index (χ1n) is 3.53. The average molecular weight is 166 g/mol. The Morgan fingerprint density at radius 2 is 1.75 bits per heavy atom. The lowest BCUT2D eigenvalue weighted by molar-refractivity contribution is 0.367. The molecule has 0 fully saturated rings. The number of phenolic OH excluding ortho intramolecular Hbond substituents is 3. The molecular weight excluding hydrogens is 156 g/mol. The first-order valence-corrected chi connectivity index (χ1v) is 3.53. The van der Waals surface area contributed by atoms with Crippen LogP contribution in [0.2, 0.25) is 0 Å². The largest absolute Gasteiger partial charge is 0.504 e. The van der Waals surface area contributed by atoms with Gasteiger partial charge in [0.15, 0.2) is 11.5 Å². The Hall–Kier alpha value is -1.64. The molecule has 3 heteroatoms. The van der Waals surface area contributed by atoms with Gasteiger partial charge in [-0.2, -0.15) is 0 Å². The third kappa shape index (κ3) is 1.34. The van der Waals surface area contributed by atoms with Gasteiger partial charge < -0.3 is 15.3 Å². The first kappa shape index (κ1) is 8.46. The summed E-state index contributed by atoms with van der Waals surface area (Å²) in [6.45, 7) is 1.79. The molecule has 0 saturated heterocycles. The summed E-state index contributed by atoms with van der Waals surface area (Å²) in [5, 5.41) is 27.3. The zero-order valence-corrected chi connectivity index (χ0v) is 6.65. The number of benzene rings is 1. The first-order chi connectivity index (χ1) is 5.66. The molecular formula is C9H10O3. The number of hydrogen-bond donors (Lipinski definition) is 3. The van der Waals surface area contributed by atoms with Crippen molar-refractivity contribution in [3.8, 4) is 17.2 Å². The lowest BCUT2D eigenvalue weighted by Crippen LogP contribution is -1.76. The van der Waals surface area contributed by atoms with E-state index in [-0.39, 0.29) is 11.5 Å². The van der Waals surface area contributed by atoms with Crippen LogP contribution in [0.25, 0.3) is 6.08 Å². The quantitative estimate of drug-likeness (QED) is 0.558. The Morgan fingerprint density at radius 1 is 1.08 bits per heavy atom. The molecule has 0 atom stereocenters. The third-order valence-electron chi connectivity index (χ3n) is 1.51. The molecule has 1 rings (SSSR count). The smallest absolute Gasteiger partial charge is 0.200 e. The van der Waals surface area contributed by atoms with Gasteiger partial charge in [-0.3, -0.25) is 0 Å². The summed E-state index contributed by atoms with van der Waals surface area (Å²) in [4.78, 5) is 0. The van der Waals surface area contributed by atoms with Crippen LogP contribution in [-0.4, -0.2) is 15.3 Å². The molecule has 1 aromatic rings. The van der Waals surface area contributed by atoms with Crippen LogP contribution in [0.3, 0.4) is 0 Å². The lowest BCUT2D eigenvalue weighted by atomic mass is 10.1. The van der Waals surface area contributed by atoms with Crippen LogP contribution in [0.4, 0.5) is 0 Å². The molecule has 0 aliphatic rings. The molecule has 0 bridgehead atoms. The summed E-state index contributed by atoms with van der Waals surface area (Å²) in [5.41, 5.74) is 0.479. The molecule has 0 aliphatic carbocycles. The molecule has 0 aromatic heterocycles. The van der Waals surface area contributed by atoms with Crippen LogP contribution in [0, 0.1) is 0 Å². The van der Waals surface area contributed by atoms with Gasteiger partial charge in [-0.05, 0) is 19.1 Å². The summed E-state index contributed by atoms with van der Waals surface area (Å²) < 4.78 is 0. The van der Waals surface area contributed by atoms with E-state index < -0.39 is 5.75 Å². The zero-order valence-electron chi connectivity index (χ0n) is 6.65. The number of phenols is 3. The van der Waals surface area contributed by atoms with Gasteiger partial charge in [0, 0.05) is 5.56 Å². The summed E-state index contributed by atoms with van der Waals surface area (Å²) >= 11 is 0. The van der Waals surface area contributed by atoms with Crippen molar-refractivity contribution < 1.29 is 15.3 Å². The van der Waals surface area contributed by atoms with Crippen molar-refractivity contribution >= 4 is 6.08 Å². The molecule has 12 heavy (non-hydrogen) atoms. The number of hydrogen-bond acceptors (Lipinski definition) is 3. The van der Waals surface area contributed by atoms with Crippen molar-refractivity contribution in [2.75, 3.05) is 0 Å². The van der Waals surface area contributed by atoms with Crippen molar-refractivity contribution in [2.24, 2.45) is 0 Å². The zero-order chi connectivity index (χ0) is 9.14. The monoisotopic (exact) mass is 166 g/mol. The number of rotatable bonds is 1.